The molecule has 2 aromatic carbocycles. The quantitative estimate of drug-likeness (QED) is 0.369. The second-order valence-electron chi connectivity index (χ2n) is 10.0. The number of aromatic nitrogens is 3. The smallest absolute Gasteiger partial charge is 0.276 e. The van der Waals surface area contributed by atoms with Crippen LogP contribution in [0, 0.1) is 11.6 Å². The highest BCUT2D eigenvalue weighted by molar-refractivity contribution is 5.78. The molecule has 10 heteroatoms. The summed E-state index contributed by atoms with van der Waals surface area (Å²) >= 11 is 0. The molecule has 1 unspecified atom stereocenters. The van der Waals surface area contributed by atoms with Crippen molar-refractivity contribution in [3.8, 4) is 11.4 Å². The lowest BCUT2D eigenvalue weighted by molar-refractivity contribution is -0.0633. The van der Waals surface area contributed by atoms with E-state index >= 15 is 0 Å². The van der Waals surface area contributed by atoms with Crippen molar-refractivity contribution < 1.29 is 13.9 Å². The van der Waals surface area contributed by atoms with E-state index in [2.05, 4.69) is 32.1 Å². The van der Waals surface area contributed by atoms with Gasteiger partial charge in [0.25, 0.3) is 5.56 Å². The van der Waals surface area contributed by atoms with E-state index in [4.69, 9.17) is 0 Å². The highest BCUT2D eigenvalue weighted by Gasteiger charge is 2.35. The molecule has 0 saturated carbocycles. The number of piperazine rings is 1. The Morgan fingerprint density at radius 1 is 1.05 bits per heavy atom. The second kappa shape index (κ2) is 9.70. The number of hydrogen-bond acceptors (Lipinski definition) is 6. The van der Waals surface area contributed by atoms with Gasteiger partial charge >= 0.3 is 0 Å². The predicted octanol–water partition coefficient (Wildman–Crippen LogP) is 3.55. The van der Waals surface area contributed by atoms with Gasteiger partial charge in [0.15, 0.2) is 17.2 Å². The molecule has 2 aromatic heterocycles. The van der Waals surface area contributed by atoms with Crippen molar-refractivity contribution in [1.82, 2.24) is 24.2 Å². The number of imidazole rings is 1. The van der Waals surface area contributed by atoms with Gasteiger partial charge in [-0.25, -0.2) is 13.8 Å². The fourth-order valence-electron chi connectivity index (χ4n) is 4.82. The molecule has 1 aliphatic heterocycles. The molecular formula is C27H30F2N6O2. The molecule has 0 aliphatic carbocycles. The van der Waals surface area contributed by atoms with Crippen molar-refractivity contribution in [3.63, 3.8) is 0 Å². The lowest BCUT2D eigenvalue weighted by atomic mass is 9.82. The molecule has 194 valence electrons. The molecule has 1 atom stereocenters. The van der Waals surface area contributed by atoms with Gasteiger partial charge in [-0.3, -0.25) is 14.1 Å². The van der Waals surface area contributed by atoms with E-state index in [0.717, 1.165) is 43.9 Å². The summed E-state index contributed by atoms with van der Waals surface area (Å²) in [5.74, 6) is -1.40. The van der Waals surface area contributed by atoms with Crippen LogP contribution in [0.5, 0.6) is 0 Å². The fraction of sp³-hybridized carbons (Fsp3) is 0.333. The van der Waals surface area contributed by atoms with E-state index in [1.165, 1.54) is 22.9 Å². The minimum absolute atomic E-state index is 0.0211. The van der Waals surface area contributed by atoms with Gasteiger partial charge in [0.1, 0.15) is 17.9 Å². The van der Waals surface area contributed by atoms with Crippen LogP contribution in [0.4, 0.5) is 20.3 Å². The third-order valence-corrected chi connectivity index (χ3v) is 7.17. The van der Waals surface area contributed by atoms with Crippen LogP contribution in [0.25, 0.3) is 16.9 Å². The number of nitrogens with one attached hydrogen (secondary N) is 2. The number of hydrogen-bond donors (Lipinski definition) is 3. The van der Waals surface area contributed by atoms with Gasteiger partial charge in [0, 0.05) is 49.7 Å². The third-order valence-electron chi connectivity index (χ3n) is 7.17. The van der Waals surface area contributed by atoms with Gasteiger partial charge in [0.2, 0.25) is 0 Å². The van der Waals surface area contributed by atoms with Gasteiger partial charge in [-0.1, -0.05) is 32.0 Å². The van der Waals surface area contributed by atoms with Crippen molar-refractivity contribution in [2.75, 3.05) is 38.5 Å². The SMILES string of the molecule is CN1CCN(C(O)C(C)(C)c2ccc(Nc3nc(-c4c(F)cccc4F)n4cc[nH]c(=O)c34)cc2)CC1. The molecule has 4 aromatic rings. The number of nitrogens with zero attached hydrogens (tertiary/aromatic N) is 4. The maximum atomic E-state index is 14.5. The van der Waals surface area contributed by atoms with Gasteiger partial charge < -0.3 is 20.3 Å². The Labute approximate surface area is 213 Å². The van der Waals surface area contributed by atoms with E-state index in [1.54, 1.807) is 0 Å². The Balaban J connectivity index is 1.45. The fourth-order valence-corrected chi connectivity index (χ4v) is 4.82. The second-order valence-corrected chi connectivity index (χ2v) is 10.0. The molecule has 0 radical (unpaired) electrons. The Morgan fingerprint density at radius 3 is 2.35 bits per heavy atom. The molecule has 1 aliphatic rings. The number of benzene rings is 2. The molecule has 3 heterocycles. The number of H-pyrrole nitrogens is 1. The minimum Gasteiger partial charge on any atom is -0.377 e. The zero-order valence-electron chi connectivity index (χ0n) is 21.0. The van der Waals surface area contributed by atoms with E-state index in [0.29, 0.717) is 5.69 Å². The summed E-state index contributed by atoms with van der Waals surface area (Å²) in [5, 5.41) is 14.2. The first-order chi connectivity index (χ1) is 17.7. The lowest BCUT2D eigenvalue weighted by Gasteiger charge is -2.42. The number of likely N-dealkylation sites (N-methyl/N-ethyl adjacent to an activating group) is 1. The van der Waals surface area contributed by atoms with Crippen molar-refractivity contribution in [3.05, 3.63) is 82.4 Å². The largest absolute Gasteiger partial charge is 0.377 e. The molecule has 1 fully saturated rings. The molecule has 5 rings (SSSR count). The van der Waals surface area contributed by atoms with Gasteiger partial charge in [-0.2, -0.15) is 0 Å². The van der Waals surface area contributed by atoms with E-state index < -0.39 is 28.8 Å². The number of aliphatic hydroxyl groups is 1. The first kappa shape index (κ1) is 25.1. The number of rotatable bonds is 6. The van der Waals surface area contributed by atoms with Crippen LogP contribution in [0.3, 0.4) is 0 Å². The van der Waals surface area contributed by atoms with Gasteiger partial charge in [-0.15, -0.1) is 0 Å². The summed E-state index contributed by atoms with van der Waals surface area (Å²) in [7, 11) is 2.08. The first-order valence-electron chi connectivity index (χ1n) is 12.2. The van der Waals surface area contributed by atoms with E-state index in [1.807, 2.05) is 38.1 Å². The van der Waals surface area contributed by atoms with Crippen LogP contribution in [0.2, 0.25) is 0 Å². The Kier molecular flexibility index (Phi) is 6.57. The third kappa shape index (κ3) is 4.63. The first-order valence-corrected chi connectivity index (χ1v) is 12.2. The minimum atomic E-state index is -0.774. The molecule has 3 N–H and O–H groups in total. The van der Waals surface area contributed by atoms with Crippen LogP contribution < -0.4 is 10.9 Å². The molecule has 1 saturated heterocycles. The van der Waals surface area contributed by atoms with E-state index in [9.17, 15) is 18.7 Å². The number of anilines is 2. The molecule has 37 heavy (non-hydrogen) atoms. The van der Waals surface area contributed by atoms with Crippen LogP contribution in [0.15, 0.2) is 59.7 Å². The Hall–Kier alpha value is -3.60. The van der Waals surface area contributed by atoms with Gasteiger partial charge in [-0.05, 0) is 36.9 Å². The lowest BCUT2D eigenvalue weighted by Crippen LogP contribution is -2.54. The summed E-state index contributed by atoms with van der Waals surface area (Å²) in [6, 6.07) is 11.1. The highest BCUT2D eigenvalue weighted by Crippen LogP contribution is 2.33. The van der Waals surface area contributed by atoms with Crippen molar-refractivity contribution in [2.24, 2.45) is 0 Å². The molecule has 0 spiro atoms. The molecule has 0 amide bonds. The number of aromatic amines is 1. The number of aliphatic hydroxyl groups excluding tert-OH is 1. The van der Waals surface area contributed by atoms with Crippen molar-refractivity contribution in [2.45, 2.75) is 25.5 Å². The van der Waals surface area contributed by atoms with Crippen LogP contribution in [-0.4, -0.2) is 68.7 Å². The summed E-state index contributed by atoms with van der Waals surface area (Å²) in [5.41, 5.74) is 0.431. The topological polar surface area (TPSA) is 88.9 Å². The number of fused-ring (bicyclic) bond motifs is 1. The van der Waals surface area contributed by atoms with E-state index in [-0.39, 0.29) is 22.7 Å². The average Bonchev–Trinajstić information content (AvgIpc) is 3.23. The maximum Gasteiger partial charge on any atom is 0.276 e. The molecule has 0 bridgehead atoms. The van der Waals surface area contributed by atoms with Crippen LogP contribution >= 0.6 is 0 Å². The zero-order valence-corrected chi connectivity index (χ0v) is 21.0. The highest BCUT2D eigenvalue weighted by atomic mass is 19.1. The average molecular weight is 509 g/mol. The van der Waals surface area contributed by atoms with Crippen LogP contribution in [0.1, 0.15) is 19.4 Å². The van der Waals surface area contributed by atoms with Crippen LogP contribution in [-0.2, 0) is 5.41 Å². The predicted molar refractivity (Wildman–Crippen MR) is 139 cm³/mol. The Morgan fingerprint density at radius 2 is 1.70 bits per heavy atom. The number of halogens is 2. The summed E-state index contributed by atoms with van der Waals surface area (Å²) < 4.78 is 30.5. The maximum absolute atomic E-state index is 14.5. The Bertz CT molecular complexity index is 1450. The zero-order chi connectivity index (χ0) is 26.3. The van der Waals surface area contributed by atoms with Gasteiger partial charge in [0.05, 0.1) is 5.56 Å². The standard InChI is InChI=1S/C27H30F2N6O2/c1-27(2,26(37)34-15-13-33(3)14-16-34)17-7-9-18(10-8-17)31-23-22-25(36)30-11-12-35(22)24(32-23)21-19(28)5-4-6-20(21)29/h4-12,26,31,37H,13-16H2,1-3H3,(H,30,36). The monoisotopic (exact) mass is 508 g/mol. The summed E-state index contributed by atoms with van der Waals surface area (Å²) in [6.07, 6.45) is 2.25. The molecule has 8 nitrogen and oxygen atoms in total. The van der Waals surface area contributed by atoms with Crippen molar-refractivity contribution >= 4 is 17.0 Å². The summed E-state index contributed by atoms with van der Waals surface area (Å²) in [6.45, 7) is 7.44. The van der Waals surface area contributed by atoms with Crippen molar-refractivity contribution in [1.29, 1.82) is 0 Å². The summed E-state index contributed by atoms with van der Waals surface area (Å²) in [4.78, 5) is 24.0. The molecular weight excluding hydrogens is 478 g/mol. The normalized spacial score (nSPS) is 16.3.